The molecule has 0 aliphatic heterocycles. The highest BCUT2D eigenvalue weighted by molar-refractivity contribution is 14.1. The van der Waals surface area contributed by atoms with Crippen molar-refractivity contribution in [3.63, 3.8) is 0 Å². The molecule has 0 radical (unpaired) electrons. The first kappa shape index (κ1) is 12.9. The largest absolute Gasteiger partial charge is 0.0878 e. The van der Waals surface area contributed by atoms with Gasteiger partial charge in [0.1, 0.15) is 0 Å². The van der Waals surface area contributed by atoms with Gasteiger partial charge < -0.3 is 0 Å². The summed E-state index contributed by atoms with van der Waals surface area (Å²) in [6.07, 6.45) is 14.2. The molecule has 0 aliphatic rings. The fraction of sp³-hybridized carbons (Fsp3) is 0.600. The van der Waals surface area contributed by atoms with E-state index in [0.717, 1.165) is 8.86 Å². The van der Waals surface area contributed by atoms with E-state index in [2.05, 4.69) is 69.5 Å². The Morgan fingerprint density at radius 3 is 1.42 bits per heavy atom. The van der Waals surface area contributed by atoms with Gasteiger partial charge in [0, 0.05) is 8.86 Å². The number of hydrogen-bond acceptors (Lipinski definition) is 0. The predicted octanol–water partition coefficient (Wildman–Crippen LogP) is 4.53. The quantitative estimate of drug-likeness (QED) is 0.260. The molecule has 0 aromatic rings. The van der Waals surface area contributed by atoms with Crippen LogP contribution in [0.1, 0.15) is 25.7 Å². The molecule has 2 heteroatoms. The minimum atomic E-state index is 1.15. The third kappa shape index (κ3) is 10.9. The highest BCUT2D eigenvalue weighted by Crippen LogP contribution is 2.02. The summed E-state index contributed by atoms with van der Waals surface area (Å²) < 4.78 is 2.29. The molecule has 0 spiro atoms. The molecular formula is C10H16I2. The summed E-state index contributed by atoms with van der Waals surface area (Å²) in [6.45, 7) is 0. The van der Waals surface area contributed by atoms with Gasteiger partial charge in [-0.15, -0.1) is 0 Å². The zero-order valence-corrected chi connectivity index (χ0v) is 11.6. The van der Waals surface area contributed by atoms with Crippen LogP contribution in [0.4, 0.5) is 0 Å². The Morgan fingerprint density at radius 2 is 1.08 bits per heavy atom. The third-order valence-corrected chi connectivity index (χ3v) is 2.52. The number of unbranched alkanes of at least 4 members (excludes halogenated alkanes) is 3. The molecule has 0 bridgehead atoms. The van der Waals surface area contributed by atoms with E-state index < -0.39 is 0 Å². The Hall–Kier alpha value is 0.940. The summed E-state index contributed by atoms with van der Waals surface area (Å²) >= 11 is 4.74. The van der Waals surface area contributed by atoms with Crippen molar-refractivity contribution < 1.29 is 0 Å². The average Bonchev–Trinajstić information content (AvgIpc) is 2.10. The summed E-state index contributed by atoms with van der Waals surface area (Å²) in [4.78, 5) is 0. The molecule has 0 nitrogen and oxygen atoms in total. The van der Waals surface area contributed by atoms with Crippen LogP contribution >= 0.6 is 45.2 Å². The Kier molecular flexibility index (Phi) is 12.9. The normalized spacial score (nSPS) is 11.8. The number of rotatable bonds is 7. The van der Waals surface area contributed by atoms with Crippen molar-refractivity contribution in [3.05, 3.63) is 24.3 Å². The molecule has 0 aromatic carbocycles. The predicted molar refractivity (Wildman–Crippen MR) is 74.5 cm³/mol. The van der Waals surface area contributed by atoms with E-state index >= 15 is 0 Å². The Morgan fingerprint density at radius 1 is 0.667 bits per heavy atom. The molecule has 70 valence electrons. The van der Waals surface area contributed by atoms with E-state index in [1.165, 1.54) is 25.7 Å². The lowest BCUT2D eigenvalue weighted by molar-refractivity contribution is 0.761. The van der Waals surface area contributed by atoms with E-state index in [-0.39, 0.29) is 0 Å². The fourth-order valence-corrected chi connectivity index (χ4v) is 1.61. The van der Waals surface area contributed by atoms with Gasteiger partial charge in [-0.3, -0.25) is 0 Å². The lowest BCUT2D eigenvalue weighted by atomic mass is 10.2. The van der Waals surface area contributed by atoms with Crippen molar-refractivity contribution in [1.29, 1.82) is 0 Å². The highest BCUT2D eigenvalue weighted by atomic mass is 127. The second kappa shape index (κ2) is 11.9. The third-order valence-electron chi connectivity index (χ3n) is 1.50. The van der Waals surface area contributed by atoms with Gasteiger partial charge in [-0.2, -0.15) is 0 Å². The molecule has 0 aromatic heterocycles. The zero-order valence-electron chi connectivity index (χ0n) is 7.31. The van der Waals surface area contributed by atoms with Crippen molar-refractivity contribution in [2.24, 2.45) is 0 Å². The molecule has 0 atom stereocenters. The monoisotopic (exact) mass is 390 g/mol. The molecule has 0 aliphatic carbocycles. The van der Waals surface area contributed by atoms with Crippen molar-refractivity contribution in [3.8, 4) is 0 Å². The smallest absolute Gasteiger partial charge is 0.0175 e. The molecule has 0 saturated heterocycles. The van der Waals surface area contributed by atoms with E-state index in [1.54, 1.807) is 0 Å². The number of halogens is 2. The van der Waals surface area contributed by atoms with E-state index in [0.29, 0.717) is 0 Å². The molecule has 0 amide bonds. The van der Waals surface area contributed by atoms with Gasteiger partial charge >= 0.3 is 0 Å². The minimum absolute atomic E-state index is 1.15. The first-order valence-corrected chi connectivity index (χ1v) is 7.39. The van der Waals surface area contributed by atoms with E-state index in [4.69, 9.17) is 0 Å². The van der Waals surface area contributed by atoms with Gasteiger partial charge in [0.2, 0.25) is 0 Å². The first-order chi connectivity index (χ1) is 5.91. The maximum absolute atomic E-state index is 2.37. The van der Waals surface area contributed by atoms with Crippen LogP contribution in [0, 0.1) is 0 Å². The zero-order chi connectivity index (χ0) is 9.07. The van der Waals surface area contributed by atoms with Crippen LogP contribution in [0.15, 0.2) is 24.3 Å². The Balaban J connectivity index is 3.00. The molecule has 0 unspecified atom stereocenters. The number of allylic oxidation sites excluding steroid dienone is 4. The van der Waals surface area contributed by atoms with Crippen LogP contribution in [0.2, 0.25) is 0 Å². The van der Waals surface area contributed by atoms with Gasteiger partial charge in [-0.1, -0.05) is 69.5 Å². The van der Waals surface area contributed by atoms with Crippen LogP contribution < -0.4 is 0 Å². The maximum Gasteiger partial charge on any atom is 0.0175 e. The topological polar surface area (TPSA) is 0 Å². The van der Waals surface area contributed by atoms with Crippen LogP contribution in [-0.4, -0.2) is 8.86 Å². The van der Waals surface area contributed by atoms with Gasteiger partial charge in [-0.25, -0.2) is 0 Å². The standard InChI is InChI=1S/C10H16I2/c11-9-7-5-3-1-2-4-6-8-10-12/h5-8H,1-4,9-10H2/b7-5+,8-6+. The Bertz CT molecular complexity index is 112. The lowest BCUT2D eigenvalue weighted by Crippen LogP contribution is -1.73. The van der Waals surface area contributed by atoms with Crippen molar-refractivity contribution >= 4 is 45.2 Å². The first-order valence-electron chi connectivity index (χ1n) is 4.33. The molecule has 0 fully saturated rings. The average molecular weight is 390 g/mol. The lowest BCUT2D eigenvalue weighted by Gasteiger charge is -1.91. The summed E-state index contributed by atoms with van der Waals surface area (Å²) in [7, 11) is 0. The molecule has 0 N–H and O–H groups in total. The van der Waals surface area contributed by atoms with Crippen molar-refractivity contribution in [2.75, 3.05) is 8.86 Å². The van der Waals surface area contributed by atoms with Gasteiger partial charge in [0.25, 0.3) is 0 Å². The maximum atomic E-state index is 2.37. The highest BCUT2D eigenvalue weighted by Gasteiger charge is 1.82. The van der Waals surface area contributed by atoms with Crippen LogP contribution in [0.3, 0.4) is 0 Å². The fourth-order valence-electron chi connectivity index (χ4n) is 0.886. The van der Waals surface area contributed by atoms with Crippen LogP contribution in [-0.2, 0) is 0 Å². The molecule has 0 heterocycles. The summed E-state index contributed by atoms with van der Waals surface area (Å²) in [6, 6.07) is 0. The van der Waals surface area contributed by atoms with Crippen molar-refractivity contribution in [2.45, 2.75) is 25.7 Å². The minimum Gasteiger partial charge on any atom is -0.0878 e. The van der Waals surface area contributed by atoms with E-state index in [1.807, 2.05) is 0 Å². The Labute approximate surface area is 103 Å². The molecule has 0 rings (SSSR count). The number of alkyl halides is 2. The second-order valence-corrected chi connectivity index (χ2v) is 4.30. The van der Waals surface area contributed by atoms with Crippen LogP contribution in [0.5, 0.6) is 0 Å². The summed E-state index contributed by atoms with van der Waals surface area (Å²) in [5.41, 5.74) is 0. The summed E-state index contributed by atoms with van der Waals surface area (Å²) in [5, 5.41) is 0. The van der Waals surface area contributed by atoms with Gasteiger partial charge in [-0.05, 0) is 25.7 Å². The second-order valence-electron chi connectivity index (χ2n) is 2.54. The SMILES string of the molecule is IC/C=C/CCCC/C=C/CI. The number of hydrogen-bond donors (Lipinski definition) is 0. The molecule has 12 heavy (non-hydrogen) atoms. The van der Waals surface area contributed by atoms with Crippen molar-refractivity contribution in [1.82, 2.24) is 0 Å². The van der Waals surface area contributed by atoms with E-state index in [9.17, 15) is 0 Å². The van der Waals surface area contributed by atoms with Gasteiger partial charge in [0.15, 0.2) is 0 Å². The van der Waals surface area contributed by atoms with Crippen LogP contribution in [0.25, 0.3) is 0 Å². The molecule has 0 saturated carbocycles. The summed E-state index contributed by atoms with van der Waals surface area (Å²) in [5.74, 6) is 0. The van der Waals surface area contributed by atoms with Gasteiger partial charge in [0.05, 0.1) is 0 Å². The molecular weight excluding hydrogens is 374 g/mol.